The maximum Gasteiger partial charge on any atom is 0.248 e. The van der Waals surface area contributed by atoms with Gasteiger partial charge in [-0.2, -0.15) is 0 Å². The van der Waals surface area contributed by atoms with Gasteiger partial charge in [0.2, 0.25) is 5.56 Å². The fourth-order valence-electron chi connectivity index (χ4n) is 2.22. The SMILES string of the molecule is CCc1[nH]c(=O)cc2c1[nH]c1cc(F)ccc12. The summed E-state index contributed by atoms with van der Waals surface area (Å²) in [5.41, 5.74) is 2.32. The highest BCUT2D eigenvalue weighted by molar-refractivity contribution is 6.07. The minimum absolute atomic E-state index is 0.125. The van der Waals surface area contributed by atoms with Crippen molar-refractivity contribution >= 4 is 21.8 Å². The highest BCUT2D eigenvalue weighted by atomic mass is 19.1. The van der Waals surface area contributed by atoms with E-state index in [-0.39, 0.29) is 11.4 Å². The lowest BCUT2D eigenvalue weighted by Gasteiger charge is -1.98. The number of pyridine rings is 1. The number of fused-ring (bicyclic) bond motifs is 3. The summed E-state index contributed by atoms with van der Waals surface area (Å²) in [4.78, 5) is 17.5. The van der Waals surface area contributed by atoms with E-state index < -0.39 is 0 Å². The number of aromatic nitrogens is 2. The number of benzene rings is 1. The molecule has 2 aromatic heterocycles. The van der Waals surface area contributed by atoms with Gasteiger partial charge in [0.15, 0.2) is 0 Å². The van der Waals surface area contributed by atoms with Crippen LogP contribution in [0.25, 0.3) is 21.8 Å². The first-order valence-corrected chi connectivity index (χ1v) is 5.52. The lowest BCUT2D eigenvalue weighted by Crippen LogP contribution is -2.06. The molecule has 0 saturated carbocycles. The van der Waals surface area contributed by atoms with E-state index in [1.807, 2.05) is 6.92 Å². The quantitative estimate of drug-likeness (QED) is 0.663. The standard InChI is InChI=1S/C13H11FN2O/c1-2-10-13-9(6-12(17)15-10)8-4-3-7(14)5-11(8)16-13/h3-6,16H,2H2,1H3,(H,15,17). The molecule has 3 nitrogen and oxygen atoms in total. The largest absolute Gasteiger partial charge is 0.353 e. The van der Waals surface area contributed by atoms with Crippen molar-refractivity contribution in [1.29, 1.82) is 0 Å². The van der Waals surface area contributed by atoms with Crippen molar-refractivity contribution in [1.82, 2.24) is 9.97 Å². The molecule has 0 radical (unpaired) electrons. The van der Waals surface area contributed by atoms with Crippen LogP contribution in [0.15, 0.2) is 29.1 Å². The molecule has 0 aliphatic heterocycles. The third-order valence-electron chi connectivity index (χ3n) is 3.01. The van der Waals surface area contributed by atoms with E-state index in [9.17, 15) is 9.18 Å². The molecule has 3 aromatic rings. The lowest BCUT2D eigenvalue weighted by molar-refractivity contribution is 0.629. The van der Waals surface area contributed by atoms with Crippen molar-refractivity contribution in [3.05, 3.63) is 46.1 Å². The first kappa shape index (κ1) is 10.1. The van der Waals surface area contributed by atoms with Crippen LogP contribution in [-0.2, 0) is 6.42 Å². The first-order valence-electron chi connectivity index (χ1n) is 5.52. The van der Waals surface area contributed by atoms with E-state index in [2.05, 4.69) is 9.97 Å². The number of hydrogen-bond donors (Lipinski definition) is 2. The average Bonchev–Trinajstić information content (AvgIpc) is 2.65. The maximum absolute atomic E-state index is 13.1. The predicted molar refractivity (Wildman–Crippen MR) is 65.8 cm³/mol. The van der Waals surface area contributed by atoms with Crippen LogP contribution in [0.1, 0.15) is 12.6 Å². The van der Waals surface area contributed by atoms with Crippen molar-refractivity contribution in [3.8, 4) is 0 Å². The van der Waals surface area contributed by atoms with Gasteiger partial charge >= 0.3 is 0 Å². The Morgan fingerprint density at radius 1 is 1.18 bits per heavy atom. The molecule has 1 aromatic carbocycles. The molecule has 0 atom stereocenters. The maximum atomic E-state index is 13.1. The fourth-order valence-corrected chi connectivity index (χ4v) is 2.22. The Bertz CT molecular complexity index is 770. The Labute approximate surface area is 96.3 Å². The highest BCUT2D eigenvalue weighted by Crippen LogP contribution is 2.26. The minimum Gasteiger partial charge on any atom is -0.353 e. The Morgan fingerprint density at radius 2 is 2.00 bits per heavy atom. The van der Waals surface area contributed by atoms with Crippen LogP contribution in [-0.4, -0.2) is 9.97 Å². The molecular weight excluding hydrogens is 219 g/mol. The predicted octanol–water partition coefficient (Wildman–Crippen LogP) is 2.71. The summed E-state index contributed by atoms with van der Waals surface area (Å²) >= 11 is 0. The molecule has 2 N–H and O–H groups in total. The lowest BCUT2D eigenvalue weighted by atomic mass is 10.1. The van der Waals surface area contributed by atoms with Crippen LogP contribution in [0.5, 0.6) is 0 Å². The van der Waals surface area contributed by atoms with Gasteiger partial charge in [-0.25, -0.2) is 4.39 Å². The van der Waals surface area contributed by atoms with Crippen molar-refractivity contribution < 1.29 is 4.39 Å². The zero-order valence-corrected chi connectivity index (χ0v) is 9.30. The molecule has 0 unspecified atom stereocenters. The van der Waals surface area contributed by atoms with E-state index >= 15 is 0 Å². The fraction of sp³-hybridized carbons (Fsp3) is 0.154. The van der Waals surface area contributed by atoms with Gasteiger partial charge in [-0.05, 0) is 24.6 Å². The molecule has 0 aliphatic rings. The van der Waals surface area contributed by atoms with Crippen molar-refractivity contribution in [2.75, 3.05) is 0 Å². The van der Waals surface area contributed by atoms with Crippen molar-refractivity contribution in [3.63, 3.8) is 0 Å². The summed E-state index contributed by atoms with van der Waals surface area (Å²) < 4.78 is 13.1. The molecule has 0 fully saturated rings. The number of aryl methyl sites for hydroxylation is 1. The molecular formula is C13H11FN2O. The number of hydrogen-bond acceptors (Lipinski definition) is 1. The molecule has 0 amide bonds. The van der Waals surface area contributed by atoms with Crippen LogP contribution >= 0.6 is 0 Å². The zero-order chi connectivity index (χ0) is 12.0. The van der Waals surface area contributed by atoms with Gasteiger partial charge in [0.1, 0.15) is 5.82 Å². The Morgan fingerprint density at radius 3 is 2.76 bits per heavy atom. The minimum atomic E-state index is -0.284. The number of nitrogens with one attached hydrogen (secondary N) is 2. The summed E-state index contributed by atoms with van der Waals surface area (Å²) in [6.45, 7) is 1.97. The number of rotatable bonds is 1. The average molecular weight is 230 g/mol. The third kappa shape index (κ3) is 1.45. The van der Waals surface area contributed by atoms with Gasteiger partial charge in [0, 0.05) is 28.0 Å². The second-order valence-electron chi connectivity index (χ2n) is 4.07. The van der Waals surface area contributed by atoms with Gasteiger partial charge in [0.25, 0.3) is 0 Å². The van der Waals surface area contributed by atoms with Gasteiger partial charge in [-0.3, -0.25) is 4.79 Å². The molecule has 0 spiro atoms. The van der Waals surface area contributed by atoms with E-state index in [1.165, 1.54) is 12.1 Å². The van der Waals surface area contributed by atoms with Crippen LogP contribution in [0.3, 0.4) is 0 Å². The summed E-state index contributed by atoms with van der Waals surface area (Å²) in [5.74, 6) is -0.284. The molecule has 0 bridgehead atoms. The number of H-pyrrole nitrogens is 2. The van der Waals surface area contributed by atoms with Crippen molar-refractivity contribution in [2.24, 2.45) is 0 Å². The summed E-state index contributed by atoms with van der Waals surface area (Å²) in [6.07, 6.45) is 0.724. The van der Waals surface area contributed by atoms with Crippen LogP contribution in [0, 0.1) is 5.82 Å². The summed E-state index contributed by atoms with van der Waals surface area (Å²) in [6, 6.07) is 6.09. The summed E-state index contributed by atoms with van der Waals surface area (Å²) in [5, 5.41) is 1.72. The molecule has 17 heavy (non-hydrogen) atoms. The number of aromatic amines is 2. The monoisotopic (exact) mass is 230 g/mol. The van der Waals surface area contributed by atoms with E-state index in [4.69, 9.17) is 0 Å². The van der Waals surface area contributed by atoms with Gasteiger partial charge in [-0.1, -0.05) is 6.92 Å². The topological polar surface area (TPSA) is 48.6 Å². The van der Waals surface area contributed by atoms with E-state index in [1.54, 1.807) is 12.1 Å². The summed E-state index contributed by atoms with van der Waals surface area (Å²) in [7, 11) is 0. The van der Waals surface area contributed by atoms with Crippen LogP contribution < -0.4 is 5.56 Å². The zero-order valence-electron chi connectivity index (χ0n) is 9.30. The molecule has 4 heteroatoms. The normalized spacial score (nSPS) is 11.4. The Kier molecular flexibility index (Phi) is 2.04. The molecule has 86 valence electrons. The molecule has 2 heterocycles. The smallest absolute Gasteiger partial charge is 0.248 e. The molecule has 3 rings (SSSR count). The Hall–Kier alpha value is -2.10. The second kappa shape index (κ2) is 3.45. The van der Waals surface area contributed by atoms with Crippen LogP contribution in [0.2, 0.25) is 0 Å². The van der Waals surface area contributed by atoms with Gasteiger partial charge in [0.05, 0.1) is 5.52 Å². The highest BCUT2D eigenvalue weighted by Gasteiger charge is 2.09. The van der Waals surface area contributed by atoms with Gasteiger partial charge in [-0.15, -0.1) is 0 Å². The van der Waals surface area contributed by atoms with Crippen LogP contribution in [0.4, 0.5) is 4.39 Å². The van der Waals surface area contributed by atoms with E-state index in [0.717, 1.165) is 28.4 Å². The van der Waals surface area contributed by atoms with Crippen molar-refractivity contribution in [2.45, 2.75) is 13.3 Å². The third-order valence-corrected chi connectivity index (χ3v) is 3.01. The van der Waals surface area contributed by atoms with Gasteiger partial charge < -0.3 is 9.97 Å². The first-order chi connectivity index (χ1) is 8.19. The van der Waals surface area contributed by atoms with E-state index in [0.29, 0.717) is 5.52 Å². The Balaban J connectivity index is 2.55. The molecule has 0 aliphatic carbocycles. The number of halogens is 1. The second-order valence-corrected chi connectivity index (χ2v) is 4.07. The molecule has 0 saturated heterocycles.